The molecular weight excluding hydrogens is 369 g/mol. The summed E-state index contributed by atoms with van der Waals surface area (Å²) < 4.78 is 45.7. The van der Waals surface area contributed by atoms with Gasteiger partial charge in [-0.15, -0.1) is 0 Å². The van der Waals surface area contributed by atoms with Gasteiger partial charge in [0.2, 0.25) is 0 Å². The van der Waals surface area contributed by atoms with Crippen molar-refractivity contribution in [2.75, 3.05) is 25.5 Å². The van der Waals surface area contributed by atoms with E-state index in [1.165, 1.54) is 6.07 Å². The molecule has 1 fully saturated rings. The smallest absolute Gasteiger partial charge is 0.418 e. The number of para-hydroxylation sites is 1. The van der Waals surface area contributed by atoms with E-state index in [2.05, 4.69) is 10.2 Å². The van der Waals surface area contributed by atoms with Crippen molar-refractivity contribution in [3.05, 3.63) is 54.1 Å². The van der Waals surface area contributed by atoms with Crippen LogP contribution in [-0.2, 0) is 10.9 Å². The molecule has 0 saturated carbocycles. The van der Waals surface area contributed by atoms with Crippen LogP contribution >= 0.6 is 0 Å². The minimum absolute atomic E-state index is 0.162. The highest BCUT2D eigenvalue weighted by Gasteiger charge is 2.35. The predicted octanol–water partition coefficient (Wildman–Crippen LogP) is 5.41. The second kappa shape index (κ2) is 8.65. The zero-order valence-corrected chi connectivity index (χ0v) is 15.6. The van der Waals surface area contributed by atoms with E-state index >= 15 is 0 Å². The summed E-state index contributed by atoms with van der Waals surface area (Å²) in [7, 11) is 2.02. The number of carbonyl (C=O) groups is 1. The maximum Gasteiger partial charge on any atom is 0.418 e. The van der Waals surface area contributed by atoms with Crippen LogP contribution in [0.3, 0.4) is 0 Å². The van der Waals surface area contributed by atoms with E-state index in [9.17, 15) is 18.0 Å². The van der Waals surface area contributed by atoms with E-state index in [4.69, 9.17) is 4.74 Å². The number of anilines is 1. The highest BCUT2D eigenvalue weighted by atomic mass is 19.4. The molecule has 1 unspecified atom stereocenters. The van der Waals surface area contributed by atoms with Crippen molar-refractivity contribution in [2.45, 2.75) is 31.5 Å². The lowest BCUT2D eigenvalue weighted by molar-refractivity contribution is -0.136. The molecule has 1 atom stereocenters. The van der Waals surface area contributed by atoms with E-state index in [-0.39, 0.29) is 12.3 Å². The normalized spacial score (nSPS) is 17.5. The molecule has 1 amide bonds. The van der Waals surface area contributed by atoms with Gasteiger partial charge in [0.05, 0.1) is 17.9 Å². The summed E-state index contributed by atoms with van der Waals surface area (Å²) in [6, 6.07) is 12.8. The van der Waals surface area contributed by atoms with Gasteiger partial charge in [0, 0.05) is 11.6 Å². The van der Waals surface area contributed by atoms with Crippen molar-refractivity contribution in [1.29, 1.82) is 0 Å². The van der Waals surface area contributed by atoms with Crippen molar-refractivity contribution in [1.82, 2.24) is 4.90 Å². The molecule has 3 rings (SSSR count). The summed E-state index contributed by atoms with van der Waals surface area (Å²) in [4.78, 5) is 14.4. The fraction of sp³-hybridized carbons (Fsp3) is 0.381. The minimum Gasteiger partial charge on any atom is -0.449 e. The lowest BCUT2D eigenvalue weighted by Gasteiger charge is -2.20. The first-order chi connectivity index (χ1) is 13.4. The molecule has 1 saturated heterocycles. The van der Waals surface area contributed by atoms with Gasteiger partial charge in [-0.1, -0.05) is 42.5 Å². The number of hydrogen-bond donors (Lipinski definition) is 1. The molecule has 150 valence electrons. The average molecular weight is 392 g/mol. The topological polar surface area (TPSA) is 41.6 Å². The van der Waals surface area contributed by atoms with E-state index < -0.39 is 17.8 Å². The Bertz CT molecular complexity index is 809. The van der Waals surface area contributed by atoms with Crippen LogP contribution in [0.4, 0.5) is 23.7 Å². The number of nitrogens with zero attached hydrogens (tertiary/aromatic N) is 1. The van der Waals surface area contributed by atoms with Crippen LogP contribution in [0.15, 0.2) is 48.5 Å². The number of benzene rings is 2. The molecule has 1 aliphatic heterocycles. The van der Waals surface area contributed by atoms with E-state index in [0.717, 1.165) is 25.5 Å². The number of ether oxygens (including phenoxy) is 1. The van der Waals surface area contributed by atoms with Crippen LogP contribution in [0.5, 0.6) is 0 Å². The molecule has 0 aliphatic carbocycles. The number of hydrogen-bond acceptors (Lipinski definition) is 3. The van der Waals surface area contributed by atoms with E-state index in [1.54, 1.807) is 36.4 Å². The fourth-order valence-corrected chi connectivity index (χ4v) is 3.55. The summed E-state index contributed by atoms with van der Waals surface area (Å²) in [6.45, 7) is 1.17. The summed E-state index contributed by atoms with van der Waals surface area (Å²) in [6.07, 6.45) is -2.67. The lowest BCUT2D eigenvalue weighted by Crippen LogP contribution is -2.27. The second-order valence-electron chi connectivity index (χ2n) is 6.92. The van der Waals surface area contributed by atoms with Crippen LogP contribution < -0.4 is 5.32 Å². The van der Waals surface area contributed by atoms with Crippen molar-refractivity contribution in [3.8, 4) is 11.1 Å². The molecule has 1 N–H and O–H groups in total. The van der Waals surface area contributed by atoms with Crippen molar-refractivity contribution >= 4 is 11.8 Å². The Kier molecular flexibility index (Phi) is 6.24. The van der Waals surface area contributed by atoms with Crippen LogP contribution in [-0.4, -0.2) is 37.2 Å². The third kappa shape index (κ3) is 4.84. The van der Waals surface area contributed by atoms with Gasteiger partial charge >= 0.3 is 12.3 Å². The Morgan fingerprint density at radius 1 is 1.18 bits per heavy atom. The van der Waals surface area contributed by atoms with Gasteiger partial charge in [0.25, 0.3) is 0 Å². The monoisotopic (exact) mass is 392 g/mol. The van der Waals surface area contributed by atoms with Gasteiger partial charge in [0.15, 0.2) is 0 Å². The molecule has 1 aliphatic rings. The zero-order chi connectivity index (χ0) is 20.1. The summed E-state index contributed by atoms with van der Waals surface area (Å²) >= 11 is 0. The molecule has 1 heterocycles. The molecule has 0 aromatic heterocycles. The Balaban J connectivity index is 1.76. The van der Waals surface area contributed by atoms with Crippen molar-refractivity contribution in [2.24, 2.45) is 0 Å². The number of halogens is 3. The second-order valence-corrected chi connectivity index (χ2v) is 6.92. The number of nitrogens with one attached hydrogen (secondary N) is 1. The van der Waals surface area contributed by atoms with Crippen LogP contribution in [0.1, 0.15) is 24.8 Å². The first-order valence-electron chi connectivity index (χ1n) is 9.26. The van der Waals surface area contributed by atoms with Gasteiger partial charge < -0.3 is 9.64 Å². The van der Waals surface area contributed by atoms with Crippen LogP contribution in [0.25, 0.3) is 11.1 Å². The van der Waals surface area contributed by atoms with E-state index in [1.807, 2.05) is 7.05 Å². The SMILES string of the molecule is CN1CCCC1CCOC(=O)Nc1c(-c2ccccc2)cccc1C(F)(F)F. The van der Waals surface area contributed by atoms with Crippen LogP contribution in [0, 0.1) is 0 Å². The molecule has 7 heteroatoms. The van der Waals surface area contributed by atoms with Gasteiger partial charge in [-0.25, -0.2) is 4.79 Å². The number of rotatable bonds is 5. The predicted molar refractivity (Wildman–Crippen MR) is 102 cm³/mol. The van der Waals surface area contributed by atoms with Gasteiger partial charge in [-0.2, -0.15) is 13.2 Å². The molecule has 28 heavy (non-hydrogen) atoms. The first-order valence-corrected chi connectivity index (χ1v) is 9.26. The Labute approximate surface area is 162 Å². The molecule has 2 aromatic rings. The fourth-order valence-electron chi connectivity index (χ4n) is 3.55. The quantitative estimate of drug-likeness (QED) is 0.740. The molecule has 0 bridgehead atoms. The maximum atomic E-state index is 13.5. The summed E-state index contributed by atoms with van der Waals surface area (Å²) in [5, 5.41) is 2.33. The van der Waals surface area contributed by atoms with Crippen molar-refractivity contribution < 1.29 is 22.7 Å². The largest absolute Gasteiger partial charge is 0.449 e. The molecule has 0 spiro atoms. The summed E-state index contributed by atoms with van der Waals surface area (Å²) in [5.41, 5.74) is -0.315. The Hall–Kier alpha value is -2.54. The van der Waals surface area contributed by atoms with E-state index in [0.29, 0.717) is 23.6 Å². The molecule has 0 radical (unpaired) electrons. The maximum absolute atomic E-state index is 13.5. The Morgan fingerprint density at radius 3 is 2.57 bits per heavy atom. The lowest BCUT2D eigenvalue weighted by atomic mass is 9.99. The minimum atomic E-state index is -4.60. The highest BCUT2D eigenvalue weighted by molar-refractivity contribution is 5.93. The number of likely N-dealkylation sites (tertiary alicyclic amines) is 1. The number of carbonyl (C=O) groups excluding carboxylic acids is 1. The number of amides is 1. The molecule has 4 nitrogen and oxygen atoms in total. The van der Waals surface area contributed by atoms with Crippen molar-refractivity contribution in [3.63, 3.8) is 0 Å². The average Bonchev–Trinajstić information content (AvgIpc) is 3.06. The third-order valence-corrected chi connectivity index (χ3v) is 5.04. The summed E-state index contributed by atoms with van der Waals surface area (Å²) in [5.74, 6) is 0. The number of alkyl halides is 3. The molecule has 2 aromatic carbocycles. The van der Waals surface area contributed by atoms with Gasteiger partial charge in [0.1, 0.15) is 0 Å². The van der Waals surface area contributed by atoms with Gasteiger partial charge in [-0.05, 0) is 44.5 Å². The standard InChI is InChI=1S/C21H23F3N2O2/c1-26-13-6-9-16(26)12-14-28-20(27)25-19-17(15-7-3-2-4-8-15)10-5-11-18(19)21(22,23)24/h2-5,7-8,10-11,16H,6,9,12-14H2,1H3,(H,25,27). The third-order valence-electron chi connectivity index (χ3n) is 5.04. The zero-order valence-electron chi connectivity index (χ0n) is 15.6. The van der Waals surface area contributed by atoms with Gasteiger partial charge in [-0.3, -0.25) is 5.32 Å². The van der Waals surface area contributed by atoms with Crippen LogP contribution in [0.2, 0.25) is 0 Å². The highest BCUT2D eigenvalue weighted by Crippen LogP contribution is 2.40. The first kappa shape index (κ1) is 20.2. The Morgan fingerprint density at radius 2 is 1.93 bits per heavy atom. The molecular formula is C21H23F3N2O2.